The van der Waals surface area contributed by atoms with Gasteiger partial charge in [0.25, 0.3) is 0 Å². The molecule has 0 aromatic heterocycles. The van der Waals surface area contributed by atoms with Gasteiger partial charge in [0, 0.05) is 43.0 Å². The zero-order valence-corrected chi connectivity index (χ0v) is 12.2. The van der Waals surface area contributed by atoms with Crippen LogP contribution in [-0.2, 0) is 0 Å². The molecule has 2 N–H and O–H groups in total. The minimum Gasteiger partial charge on any atom is -0.368 e. The van der Waals surface area contributed by atoms with Crippen molar-refractivity contribution >= 4 is 5.69 Å². The third-order valence-electron chi connectivity index (χ3n) is 4.66. The quantitative estimate of drug-likeness (QED) is 0.901. The van der Waals surface area contributed by atoms with Gasteiger partial charge >= 0.3 is 0 Å². The molecular formula is C16H24FN3. The molecule has 0 bridgehead atoms. The topological polar surface area (TPSA) is 32.5 Å². The molecule has 3 rings (SSSR count). The highest BCUT2D eigenvalue weighted by Gasteiger charge is 2.30. The lowest BCUT2D eigenvalue weighted by Gasteiger charge is -2.45. The molecule has 2 aliphatic rings. The van der Waals surface area contributed by atoms with Crippen molar-refractivity contribution in [3.8, 4) is 0 Å². The largest absolute Gasteiger partial charge is 0.368 e. The minimum atomic E-state index is -0.268. The first-order valence-electron chi connectivity index (χ1n) is 7.70. The Morgan fingerprint density at radius 3 is 2.90 bits per heavy atom. The number of nitrogens with two attached hydrogens (primary N) is 1. The first kappa shape index (κ1) is 13.8. The van der Waals surface area contributed by atoms with E-state index in [1.165, 1.54) is 31.9 Å². The Morgan fingerprint density at radius 1 is 1.25 bits per heavy atom. The van der Waals surface area contributed by atoms with Crippen molar-refractivity contribution in [1.29, 1.82) is 0 Å². The summed E-state index contributed by atoms with van der Waals surface area (Å²) >= 11 is 0. The van der Waals surface area contributed by atoms with E-state index in [1.54, 1.807) is 6.07 Å². The lowest BCUT2D eigenvalue weighted by atomic mass is 9.97. The summed E-state index contributed by atoms with van der Waals surface area (Å²) in [5, 5.41) is 0. The van der Waals surface area contributed by atoms with Crippen molar-refractivity contribution in [2.24, 2.45) is 5.73 Å². The zero-order chi connectivity index (χ0) is 14.1. The fraction of sp³-hybridized carbons (Fsp3) is 0.625. The first-order chi connectivity index (χ1) is 9.66. The molecule has 4 heteroatoms. The maximum atomic E-state index is 14.1. The summed E-state index contributed by atoms with van der Waals surface area (Å²) in [6.07, 6.45) is 3.90. The van der Waals surface area contributed by atoms with Crippen molar-refractivity contribution in [3.05, 3.63) is 29.6 Å². The number of piperidine rings is 1. The van der Waals surface area contributed by atoms with Crippen molar-refractivity contribution in [2.45, 2.75) is 38.3 Å². The number of rotatable bonds is 2. The van der Waals surface area contributed by atoms with Crippen LogP contribution in [0.3, 0.4) is 0 Å². The van der Waals surface area contributed by atoms with Gasteiger partial charge in [-0.05, 0) is 38.4 Å². The molecule has 2 saturated heterocycles. The molecular weight excluding hydrogens is 253 g/mol. The van der Waals surface area contributed by atoms with Crippen LogP contribution in [0.15, 0.2) is 18.2 Å². The summed E-state index contributed by atoms with van der Waals surface area (Å²) in [6.45, 7) is 6.14. The molecule has 2 atom stereocenters. The Balaban J connectivity index is 1.84. The maximum absolute atomic E-state index is 14.1. The van der Waals surface area contributed by atoms with Crippen LogP contribution in [0.1, 0.15) is 37.8 Å². The highest BCUT2D eigenvalue weighted by atomic mass is 19.1. The zero-order valence-electron chi connectivity index (χ0n) is 12.2. The van der Waals surface area contributed by atoms with Gasteiger partial charge in [0.1, 0.15) is 5.82 Å². The van der Waals surface area contributed by atoms with Crippen molar-refractivity contribution in [3.63, 3.8) is 0 Å². The minimum absolute atomic E-state index is 0.177. The van der Waals surface area contributed by atoms with E-state index in [0.29, 0.717) is 11.6 Å². The van der Waals surface area contributed by atoms with Crippen LogP contribution in [0.4, 0.5) is 10.1 Å². The molecule has 20 heavy (non-hydrogen) atoms. The molecule has 1 aromatic rings. The van der Waals surface area contributed by atoms with Crippen LogP contribution < -0.4 is 10.6 Å². The van der Waals surface area contributed by atoms with E-state index >= 15 is 0 Å². The van der Waals surface area contributed by atoms with Gasteiger partial charge in [0.2, 0.25) is 0 Å². The third kappa shape index (κ3) is 2.54. The van der Waals surface area contributed by atoms with E-state index in [4.69, 9.17) is 5.73 Å². The molecule has 2 aliphatic heterocycles. The van der Waals surface area contributed by atoms with Gasteiger partial charge in [-0.15, -0.1) is 0 Å². The second-order valence-corrected chi connectivity index (χ2v) is 6.09. The lowest BCUT2D eigenvalue weighted by Crippen LogP contribution is -2.55. The van der Waals surface area contributed by atoms with E-state index in [0.717, 1.165) is 25.3 Å². The summed E-state index contributed by atoms with van der Waals surface area (Å²) in [5.74, 6) is -0.177. The number of nitrogens with zero attached hydrogens (tertiary/aromatic N) is 2. The number of halogens is 1. The van der Waals surface area contributed by atoms with Gasteiger partial charge in [-0.25, -0.2) is 4.39 Å². The summed E-state index contributed by atoms with van der Waals surface area (Å²) in [6, 6.07) is 5.68. The number of anilines is 1. The molecule has 2 fully saturated rings. The number of fused-ring (bicyclic) bond motifs is 1. The standard InChI is InChI=1S/C16H24FN3/c1-12(18)16-14(17)6-4-7-15(16)20-10-9-19-8-3-2-5-13(19)11-20/h4,6-7,12-13H,2-3,5,8-11,18H2,1H3/t12-,13?/m1/s1. The Labute approximate surface area is 120 Å². The van der Waals surface area contributed by atoms with E-state index in [-0.39, 0.29) is 11.9 Å². The van der Waals surface area contributed by atoms with Crippen LogP contribution in [-0.4, -0.2) is 37.1 Å². The van der Waals surface area contributed by atoms with Crippen LogP contribution >= 0.6 is 0 Å². The Morgan fingerprint density at radius 2 is 2.10 bits per heavy atom. The smallest absolute Gasteiger partial charge is 0.130 e. The monoisotopic (exact) mass is 277 g/mol. The first-order valence-corrected chi connectivity index (χ1v) is 7.70. The average Bonchev–Trinajstić information content (AvgIpc) is 2.46. The summed E-state index contributed by atoms with van der Waals surface area (Å²) in [5.41, 5.74) is 7.63. The van der Waals surface area contributed by atoms with Crippen LogP contribution in [0, 0.1) is 5.82 Å². The number of benzene rings is 1. The highest BCUT2D eigenvalue weighted by Crippen LogP contribution is 2.31. The van der Waals surface area contributed by atoms with Crippen LogP contribution in [0.5, 0.6) is 0 Å². The van der Waals surface area contributed by atoms with E-state index in [1.807, 2.05) is 13.0 Å². The molecule has 110 valence electrons. The molecule has 2 heterocycles. The summed E-state index contributed by atoms with van der Waals surface area (Å²) < 4.78 is 14.1. The molecule has 0 amide bonds. The third-order valence-corrected chi connectivity index (χ3v) is 4.66. The van der Waals surface area contributed by atoms with Crippen LogP contribution in [0.2, 0.25) is 0 Å². The predicted octanol–water partition coefficient (Wildman–Crippen LogP) is 2.52. The molecule has 0 spiro atoms. The lowest BCUT2D eigenvalue weighted by molar-refractivity contribution is 0.133. The van der Waals surface area contributed by atoms with E-state index in [9.17, 15) is 4.39 Å². The van der Waals surface area contributed by atoms with Crippen molar-refractivity contribution < 1.29 is 4.39 Å². The van der Waals surface area contributed by atoms with Crippen LogP contribution in [0.25, 0.3) is 0 Å². The fourth-order valence-corrected chi connectivity index (χ4v) is 3.63. The molecule has 3 nitrogen and oxygen atoms in total. The molecule has 0 radical (unpaired) electrons. The second-order valence-electron chi connectivity index (χ2n) is 6.09. The van der Waals surface area contributed by atoms with Crippen molar-refractivity contribution in [1.82, 2.24) is 4.90 Å². The average molecular weight is 277 g/mol. The van der Waals surface area contributed by atoms with Gasteiger partial charge < -0.3 is 10.6 Å². The molecule has 0 aliphatic carbocycles. The van der Waals surface area contributed by atoms with E-state index < -0.39 is 0 Å². The predicted molar refractivity (Wildman–Crippen MR) is 80.4 cm³/mol. The van der Waals surface area contributed by atoms with Gasteiger partial charge in [-0.3, -0.25) is 4.90 Å². The number of hydrogen-bond acceptors (Lipinski definition) is 3. The Hall–Kier alpha value is -1.13. The number of piperazine rings is 1. The van der Waals surface area contributed by atoms with Gasteiger partial charge in [-0.1, -0.05) is 12.5 Å². The maximum Gasteiger partial charge on any atom is 0.130 e. The van der Waals surface area contributed by atoms with Crippen molar-refractivity contribution in [2.75, 3.05) is 31.1 Å². The number of hydrogen-bond donors (Lipinski definition) is 1. The molecule has 0 saturated carbocycles. The SMILES string of the molecule is C[C@@H](N)c1c(F)cccc1N1CCN2CCCCC2C1. The second kappa shape index (κ2) is 5.70. The normalized spacial score (nSPS) is 25.4. The van der Waals surface area contributed by atoms with Gasteiger partial charge in [-0.2, -0.15) is 0 Å². The van der Waals surface area contributed by atoms with Gasteiger partial charge in [0.15, 0.2) is 0 Å². The van der Waals surface area contributed by atoms with E-state index in [2.05, 4.69) is 9.80 Å². The molecule has 1 unspecified atom stereocenters. The highest BCUT2D eigenvalue weighted by molar-refractivity contribution is 5.56. The summed E-state index contributed by atoms with van der Waals surface area (Å²) in [4.78, 5) is 4.92. The van der Waals surface area contributed by atoms with Gasteiger partial charge in [0.05, 0.1) is 0 Å². The Bertz CT molecular complexity index is 475. The molecule has 1 aromatic carbocycles. The fourth-order valence-electron chi connectivity index (χ4n) is 3.63. The summed E-state index contributed by atoms with van der Waals surface area (Å²) in [7, 11) is 0. The Kier molecular flexibility index (Phi) is 3.94.